The highest BCUT2D eigenvalue weighted by Crippen LogP contribution is 2.49. The van der Waals surface area contributed by atoms with Crippen LogP contribution in [0.4, 0.5) is 20.3 Å². The third kappa shape index (κ3) is 5.23. The van der Waals surface area contributed by atoms with Crippen LogP contribution >= 0.6 is 0 Å². The summed E-state index contributed by atoms with van der Waals surface area (Å²) >= 11 is 0. The number of nitrogens with one attached hydrogen (secondary N) is 2. The van der Waals surface area contributed by atoms with Gasteiger partial charge in [0.05, 0.1) is 11.9 Å². The molecule has 1 spiro atoms. The molecule has 228 valence electrons. The Hall–Kier alpha value is -4.58. The number of aryl methyl sites for hydroxylation is 1. The SMILES string of the molecule is Cc1cc(Nc2nccn3c(-c4ccc(OC(F)F)cc4)cnc23)ccc1C(=O)N1CCN(C(=O)C2CC3(CNC3)C2)CC1. The van der Waals surface area contributed by atoms with E-state index in [2.05, 4.69) is 25.3 Å². The lowest BCUT2D eigenvalue weighted by Gasteiger charge is -2.54. The Morgan fingerprint density at radius 1 is 1.02 bits per heavy atom. The Morgan fingerprint density at radius 2 is 1.75 bits per heavy atom. The van der Waals surface area contributed by atoms with Crippen LogP contribution in [0.25, 0.3) is 16.9 Å². The average Bonchev–Trinajstić information content (AvgIpc) is 3.41. The number of hydrogen-bond donors (Lipinski definition) is 2. The molecule has 2 saturated heterocycles. The number of ether oxygens (including phenoxy) is 1. The number of amides is 2. The first-order chi connectivity index (χ1) is 21.3. The van der Waals surface area contributed by atoms with E-state index in [9.17, 15) is 18.4 Å². The Morgan fingerprint density at radius 3 is 2.41 bits per heavy atom. The number of nitrogens with zero attached hydrogens (tertiary/aromatic N) is 5. The van der Waals surface area contributed by atoms with E-state index in [0.29, 0.717) is 48.6 Å². The number of rotatable bonds is 7. The number of hydrogen-bond acceptors (Lipinski definition) is 7. The van der Waals surface area contributed by atoms with E-state index in [1.807, 2.05) is 39.3 Å². The number of piperazine rings is 1. The van der Waals surface area contributed by atoms with Gasteiger partial charge in [-0.05, 0) is 73.2 Å². The zero-order chi connectivity index (χ0) is 30.4. The molecule has 1 saturated carbocycles. The Balaban J connectivity index is 0.995. The van der Waals surface area contributed by atoms with Crippen LogP contribution in [0.1, 0.15) is 28.8 Å². The lowest BCUT2D eigenvalue weighted by atomic mass is 9.58. The van der Waals surface area contributed by atoms with Gasteiger partial charge >= 0.3 is 6.61 Å². The third-order valence-corrected chi connectivity index (χ3v) is 9.11. The smallest absolute Gasteiger partial charge is 0.387 e. The number of halogens is 2. The molecule has 2 aromatic heterocycles. The lowest BCUT2D eigenvalue weighted by Crippen LogP contribution is -2.63. The summed E-state index contributed by atoms with van der Waals surface area (Å²) in [6.07, 6.45) is 7.09. The predicted octanol–water partition coefficient (Wildman–Crippen LogP) is 4.33. The zero-order valence-corrected chi connectivity index (χ0v) is 24.3. The van der Waals surface area contributed by atoms with Gasteiger partial charge in [0.1, 0.15) is 5.75 Å². The molecule has 0 radical (unpaired) electrons. The molecule has 4 aromatic rings. The molecule has 4 heterocycles. The maximum Gasteiger partial charge on any atom is 0.387 e. The first kappa shape index (κ1) is 28.2. The molecule has 44 heavy (non-hydrogen) atoms. The van der Waals surface area contributed by atoms with Crippen LogP contribution in [0.2, 0.25) is 0 Å². The number of carbonyl (C=O) groups is 2. The number of fused-ring (bicyclic) bond motifs is 1. The predicted molar refractivity (Wildman–Crippen MR) is 160 cm³/mol. The average molecular weight is 602 g/mol. The molecule has 0 unspecified atom stereocenters. The molecule has 12 heteroatoms. The lowest BCUT2D eigenvalue weighted by molar-refractivity contribution is -0.147. The summed E-state index contributed by atoms with van der Waals surface area (Å²) in [7, 11) is 0. The summed E-state index contributed by atoms with van der Waals surface area (Å²) in [5.74, 6) is 0.956. The maximum atomic E-state index is 13.4. The van der Waals surface area contributed by atoms with Gasteiger partial charge in [-0.3, -0.25) is 14.0 Å². The van der Waals surface area contributed by atoms with Crippen molar-refractivity contribution in [1.29, 1.82) is 0 Å². The molecule has 2 aromatic carbocycles. The van der Waals surface area contributed by atoms with Gasteiger partial charge in [0.15, 0.2) is 11.5 Å². The number of imidazole rings is 1. The fourth-order valence-electron chi connectivity index (χ4n) is 6.63. The largest absolute Gasteiger partial charge is 0.435 e. The first-order valence-electron chi connectivity index (χ1n) is 14.8. The molecule has 10 nitrogen and oxygen atoms in total. The summed E-state index contributed by atoms with van der Waals surface area (Å²) in [6, 6.07) is 11.9. The van der Waals surface area contributed by atoms with E-state index in [1.165, 1.54) is 12.1 Å². The molecule has 1 aliphatic carbocycles. The van der Waals surface area contributed by atoms with Gasteiger partial charge in [0.25, 0.3) is 5.91 Å². The fraction of sp³-hybridized carbons (Fsp3) is 0.375. The number of alkyl halides is 2. The zero-order valence-electron chi connectivity index (χ0n) is 24.3. The molecule has 2 amide bonds. The van der Waals surface area contributed by atoms with E-state index in [1.54, 1.807) is 30.7 Å². The van der Waals surface area contributed by atoms with Gasteiger partial charge < -0.3 is 25.2 Å². The topological polar surface area (TPSA) is 104 Å². The van der Waals surface area contributed by atoms with Crippen molar-refractivity contribution >= 4 is 29.0 Å². The normalized spacial score (nSPS) is 17.9. The van der Waals surface area contributed by atoms with Crippen LogP contribution in [-0.4, -0.2) is 81.9 Å². The number of benzene rings is 2. The van der Waals surface area contributed by atoms with Gasteiger partial charge in [-0.15, -0.1) is 0 Å². The van der Waals surface area contributed by atoms with E-state index in [0.717, 1.165) is 48.4 Å². The van der Waals surface area contributed by atoms with Gasteiger partial charge in [0.2, 0.25) is 5.91 Å². The summed E-state index contributed by atoms with van der Waals surface area (Å²) in [4.78, 5) is 39.1. The van der Waals surface area contributed by atoms with Crippen LogP contribution in [0, 0.1) is 18.3 Å². The highest BCUT2D eigenvalue weighted by Gasteiger charge is 2.51. The molecule has 0 bridgehead atoms. The highest BCUT2D eigenvalue weighted by molar-refractivity contribution is 5.96. The summed E-state index contributed by atoms with van der Waals surface area (Å²) in [5, 5.41) is 6.63. The molecular weight excluding hydrogens is 568 g/mol. The minimum atomic E-state index is -2.88. The van der Waals surface area contributed by atoms with Crippen molar-refractivity contribution in [2.24, 2.45) is 11.3 Å². The van der Waals surface area contributed by atoms with Crippen molar-refractivity contribution in [2.75, 3.05) is 44.6 Å². The van der Waals surface area contributed by atoms with Crippen molar-refractivity contribution in [3.05, 3.63) is 72.2 Å². The van der Waals surface area contributed by atoms with Crippen LogP contribution in [0.15, 0.2) is 61.1 Å². The molecular formula is C32H33F2N7O3. The molecule has 2 aliphatic heterocycles. The Kier molecular flexibility index (Phi) is 7.16. The second-order valence-electron chi connectivity index (χ2n) is 12.0. The first-order valence-corrected chi connectivity index (χ1v) is 14.8. The van der Waals surface area contributed by atoms with E-state index in [4.69, 9.17) is 0 Å². The molecule has 3 aliphatic rings. The minimum absolute atomic E-state index is 0.0348. The third-order valence-electron chi connectivity index (χ3n) is 9.11. The molecule has 7 rings (SSSR count). The van der Waals surface area contributed by atoms with Gasteiger partial charge in [-0.1, -0.05) is 0 Å². The number of aromatic nitrogens is 3. The van der Waals surface area contributed by atoms with Gasteiger partial charge in [-0.25, -0.2) is 9.97 Å². The Labute approximate surface area is 253 Å². The summed E-state index contributed by atoms with van der Waals surface area (Å²) in [5.41, 5.74) is 4.71. The van der Waals surface area contributed by atoms with E-state index >= 15 is 0 Å². The molecule has 0 atom stereocenters. The summed E-state index contributed by atoms with van der Waals surface area (Å²) in [6.45, 7) is 3.28. The summed E-state index contributed by atoms with van der Waals surface area (Å²) < 4.78 is 31.3. The van der Waals surface area contributed by atoms with Gasteiger partial charge in [0, 0.05) is 74.4 Å². The van der Waals surface area contributed by atoms with E-state index in [-0.39, 0.29) is 23.5 Å². The maximum absolute atomic E-state index is 13.4. The highest BCUT2D eigenvalue weighted by atomic mass is 19.3. The van der Waals surface area contributed by atoms with Crippen molar-refractivity contribution in [1.82, 2.24) is 29.5 Å². The van der Waals surface area contributed by atoms with Crippen LogP contribution in [0.5, 0.6) is 5.75 Å². The standard InChI is InChI=1S/C32H33F2N7O3/c1-20-14-23(38-27-28-37-17-26(41(28)9-8-36-27)21-2-5-24(6-3-21)44-31(33)34)4-7-25(20)30(43)40-12-10-39(11-13-40)29(42)22-15-32(16-22)18-35-19-32/h2-9,14,17,22,31,35H,10-13,15-16,18-19H2,1H3,(H,36,38). The van der Waals surface area contributed by atoms with Gasteiger partial charge in [-0.2, -0.15) is 8.78 Å². The number of carbonyl (C=O) groups excluding carboxylic acids is 2. The fourth-order valence-corrected chi connectivity index (χ4v) is 6.63. The second kappa shape index (κ2) is 11.2. The van der Waals surface area contributed by atoms with Crippen molar-refractivity contribution in [2.45, 2.75) is 26.4 Å². The Bertz CT molecular complexity index is 1700. The molecule has 3 fully saturated rings. The quantitative estimate of drug-likeness (QED) is 0.325. The van der Waals surface area contributed by atoms with E-state index < -0.39 is 6.61 Å². The van der Waals surface area contributed by atoms with Crippen LogP contribution in [-0.2, 0) is 4.79 Å². The minimum Gasteiger partial charge on any atom is -0.435 e. The molecule has 2 N–H and O–H groups in total. The second-order valence-corrected chi connectivity index (χ2v) is 12.0. The monoisotopic (exact) mass is 601 g/mol. The van der Waals surface area contributed by atoms with Crippen LogP contribution in [0.3, 0.4) is 0 Å². The van der Waals surface area contributed by atoms with Crippen molar-refractivity contribution in [3.63, 3.8) is 0 Å². The van der Waals surface area contributed by atoms with Crippen molar-refractivity contribution < 1.29 is 23.1 Å². The number of anilines is 2. The van der Waals surface area contributed by atoms with Crippen LogP contribution < -0.4 is 15.4 Å². The van der Waals surface area contributed by atoms with Crippen molar-refractivity contribution in [3.8, 4) is 17.0 Å².